The number of amides is 2. The number of rotatable bonds is 1. The highest BCUT2D eigenvalue weighted by molar-refractivity contribution is 7.80. The van der Waals surface area contributed by atoms with Crippen LogP contribution in [0.4, 0.5) is 10.5 Å². The standard InChI is InChI=1S/C14H19N3OS/c1-13(2)11(19)16-14(3,4)17(13)12(18)15-10-8-6-5-7-9-10/h5-9H,1-4H3,(H,15,18)(H,16,19). The Labute approximate surface area is 119 Å². The van der Waals surface area contributed by atoms with Crippen molar-refractivity contribution >= 4 is 28.9 Å². The first-order valence-corrected chi connectivity index (χ1v) is 6.65. The average Bonchev–Trinajstić information content (AvgIpc) is 2.44. The number of hydrogen-bond donors (Lipinski definition) is 2. The van der Waals surface area contributed by atoms with Gasteiger partial charge >= 0.3 is 6.03 Å². The number of carbonyl (C=O) groups excluding carboxylic acids is 1. The van der Waals surface area contributed by atoms with Crippen LogP contribution in [0.25, 0.3) is 0 Å². The normalized spacial score (nSPS) is 20.0. The lowest BCUT2D eigenvalue weighted by Crippen LogP contribution is -2.56. The van der Waals surface area contributed by atoms with E-state index in [1.165, 1.54) is 0 Å². The van der Waals surface area contributed by atoms with E-state index < -0.39 is 11.2 Å². The number of thiocarbonyl (C=S) groups is 1. The summed E-state index contributed by atoms with van der Waals surface area (Å²) >= 11 is 5.33. The zero-order valence-corrected chi connectivity index (χ0v) is 12.5. The van der Waals surface area contributed by atoms with Crippen LogP contribution in [-0.4, -0.2) is 27.1 Å². The number of nitrogens with one attached hydrogen (secondary N) is 2. The van der Waals surface area contributed by atoms with Gasteiger partial charge in [-0.05, 0) is 39.8 Å². The van der Waals surface area contributed by atoms with E-state index in [0.29, 0.717) is 4.99 Å². The SMILES string of the molecule is CC1(C)NC(=S)C(C)(C)N1C(=O)Nc1ccccc1. The molecule has 0 atom stereocenters. The highest BCUT2D eigenvalue weighted by atomic mass is 32.1. The number of urea groups is 1. The molecule has 19 heavy (non-hydrogen) atoms. The summed E-state index contributed by atoms with van der Waals surface area (Å²) in [6.45, 7) is 7.78. The first kappa shape index (κ1) is 13.8. The molecule has 2 rings (SSSR count). The minimum Gasteiger partial charge on any atom is -0.356 e. The predicted molar refractivity (Wildman–Crippen MR) is 81.2 cm³/mol. The minimum absolute atomic E-state index is 0.159. The Morgan fingerprint density at radius 1 is 1.21 bits per heavy atom. The Bertz CT molecular complexity index is 511. The molecule has 1 fully saturated rings. The van der Waals surface area contributed by atoms with Gasteiger partial charge in [0, 0.05) is 5.69 Å². The fourth-order valence-electron chi connectivity index (χ4n) is 2.50. The summed E-state index contributed by atoms with van der Waals surface area (Å²) in [6, 6.07) is 9.25. The zero-order valence-electron chi connectivity index (χ0n) is 11.7. The molecule has 2 amide bonds. The van der Waals surface area contributed by atoms with Gasteiger partial charge in [-0.2, -0.15) is 0 Å². The summed E-state index contributed by atoms with van der Waals surface area (Å²) in [7, 11) is 0. The molecule has 1 aromatic rings. The maximum absolute atomic E-state index is 12.5. The van der Waals surface area contributed by atoms with Gasteiger partial charge in [0.2, 0.25) is 0 Å². The quantitative estimate of drug-likeness (QED) is 0.776. The van der Waals surface area contributed by atoms with Crippen LogP contribution in [0.2, 0.25) is 0 Å². The van der Waals surface area contributed by atoms with E-state index in [1.807, 2.05) is 58.0 Å². The Kier molecular flexibility index (Phi) is 3.26. The lowest BCUT2D eigenvalue weighted by Gasteiger charge is -2.38. The van der Waals surface area contributed by atoms with Crippen LogP contribution in [-0.2, 0) is 0 Å². The highest BCUT2D eigenvalue weighted by Crippen LogP contribution is 2.32. The molecular weight excluding hydrogens is 258 g/mol. The number of anilines is 1. The molecule has 0 aromatic heterocycles. The molecule has 1 saturated heterocycles. The summed E-state index contributed by atoms with van der Waals surface area (Å²) in [6.07, 6.45) is 0. The van der Waals surface area contributed by atoms with Gasteiger partial charge < -0.3 is 10.6 Å². The summed E-state index contributed by atoms with van der Waals surface area (Å²) in [5.41, 5.74) is -0.228. The van der Waals surface area contributed by atoms with E-state index in [-0.39, 0.29) is 6.03 Å². The highest BCUT2D eigenvalue weighted by Gasteiger charge is 2.50. The summed E-state index contributed by atoms with van der Waals surface area (Å²) in [4.78, 5) is 14.9. The van der Waals surface area contributed by atoms with Crippen LogP contribution in [0.5, 0.6) is 0 Å². The second-order valence-corrected chi connectivity index (χ2v) is 6.11. The third-order valence-corrected chi connectivity index (χ3v) is 3.92. The fraction of sp³-hybridized carbons (Fsp3) is 0.429. The van der Waals surface area contributed by atoms with Gasteiger partial charge in [-0.25, -0.2) is 4.79 Å². The second kappa shape index (κ2) is 4.49. The van der Waals surface area contributed by atoms with Crippen LogP contribution in [0.1, 0.15) is 27.7 Å². The molecule has 0 radical (unpaired) electrons. The third-order valence-electron chi connectivity index (χ3n) is 3.32. The number of nitrogens with zero attached hydrogens (tertiary/aromatic N) is 1. The third kappa shape index (κ3) is 2.42. The molecule has 0 aliphatic carbocycles. The first-order chi connectivity index (χ1) is 8.75. The molecule has 1 aliphatic heterocycles. The molecule has 0 unspecified atom stereocenters. The number of para-hydroxylation sites is 1. The van der Waals surface area contributed by atoms with E-state index in [1.54, 1.807) is 4.90 Å². The van der Waals surface area contributed by atoms with Crippen LogP contribution in [0.15, 0.2) is 30.3 Å². The summed E-state index contributed by atoms with van der Waals surface area (Å²) in [5, 5.41) is 6.10. The van der Waals surface area contributed by atoms with Crippen LogP contribution >= 0.6 is 12.2 Å². The lowest BCUT2D eigenvalue weighted by atomic mass is 10.0. The summed E-state index contributed by atoms with van der Waals surface area (Å²) < 4.78 is 0. The van der Waals surface area contributed by atoms with Crippen molar-refractivity contribution in [3.8, 4) is 0 Å². The lowest BCUT2D eigenvalue weighted by molar-refractivity contribution is 0.118. The number of benzene rings is 1. The fourth-order valence-corrected chi connectivity index (χ4v) is 2.84. The van der Waals surface area contributed by atoms with Crippen molar-refractivity contribution in [2.24, 2.45) is 0 Å². The van der Waals surface area contributed by atoms with Crippen molar-refractivity contribution in [1.29, 1.82) is 0 Å². The van der Waals surface area contributed by atoms with Crippen LogP contribution < -0.4 is 10.6 Å². The van der Waals surface area contributed by atoms with Crippen LogP contribution in [0, 0.1) is 0 Å². The van der Waals surface area contributed by atoms with Crippen LogP contribution in [0.3, 0.4) is 0 Å². The van der Waals surface area contributed by atoms with Gasteiger partial charge in [-0.3, -0.25) is 4.90 Å². The van der Waals surface area contributed by atoms with Crippen molar-refractivity contribution in [2.75, 3.05) is 5.32 Å². The van der Waals surface area contributed by atoms with Gasteiger partial charge in [0.1, 0.15) is 10.7 Å². The van der Waals surface area contributed by atoms with E-state index in [4.69, 9.17) is 12.2 Å². The first-order valence-electron chi connectivity index (χ1n) is 6.24. The van der Waals surface area contributed by atoms with E-state index in [9.17, 15) is 4.79 Å². The second-order valence-electron chi connectivity index (χ2n) is 5.70. The molecule has 102 valence electrons. The minimum atomic E-state index is -0.502. The maximum atomic E-state index is 12.5. The Morgan fingerprint density at radius 2 is 1.79 bits per heavy atom. The largest absolute Gasteiger partial charge is 0.356 e. The molecule has 0 bridgehead atoms. The molecule has 2 N–H and O–H groups in total. The zero-order chi connectivity index (χ0) is 14.3. The van der Waals surface area contributed by atoms with Gasteiger partial charge in [-0.1, -0.05) is 30.4 Å². The predicted octanol–water partition coefficient (Wildman–Crippen LogP) is 2.97. The van der Waals surface area contributed by atoms with Crippen molar-refractivity contribution in [3.05, 3.63) is 30.3 Å². The average molecular weight is 277 g/mol. The number of carbonyl (C=O) groups is 1. The van der Waals surface area contributed by atoms with E-state index in [0.717, 1.165) is 5.69 Å². The Morgan fingerprint density at radius 3 is 2.26 bits per heavy atom. The molecule has 1 aliphatic rings. The van der Waals surface area contributed by atoms with Gasteiger partial charge in [0.15, 0.2) is 0 Å². The molecule has 0 spiro atoms. The van der Waals surface area contributed by atoms with Gasteiger partial charge in [0.25, 0.3) is 0 Å². The molecule has 1 heterocycles. The number of hydrogen-bond acceptors (Lipinski definition) is 2. The van der Waals surface area contributed by atoms with Crippen molar-refractivity contribution in [3.63, 3.8) is 0 Å². The van der Waals surface area contributed by atoms with Crippen molar-refractivity contribution < 1.29 is 4.79 Å². The smallest absolute Gasteiger partial charge is 0.324 e. The monoisotopic (exact) mass is 277 g/mol. The van der Waals surface area contributed by atoms with Gasteiger partial charge in [0.05, 0.1) is 5.54 Å². The molecular formula is C14H19N3OS. The van der Waals surface area contributed by atoms with Crippen molar-refractivity contribution in [1.82, 2.24) is 10.2 Å². The van der Waals surface area contributed by atoms with Crippen molar-refractivity contribution in [2.45, 2.75) is 38.9 Å². The molecule has 1 aromatic carbocycles. The topological polar surface area (TPSA) is 44.4 Å². The molecule has 0 saturated carbocycles. The van der Waals surface area contributed by atoms with Gasteiger partial charge in [-0.15, -0.1) is 0 Å². The van der Waals surface area contributed by atoms with E-state index in [2.05, 4.69) is 10.6 Å². The van der Waals surface area contributed by atoms with E-state index >= 15 is 0 Å². The Hall–Kier alpha value is -1.62. The molecule has 5 heteroatoms. The maximum Gasteiger partial charge on any atom is 0.324 e. The summed E-state index contributed by atoms with van der Waals surface area (Å²) in [5.74, 6) is 0. The molecule has 4 nitrogen and oxygen atoms in total. The Balaban J connectivity index is 2.25.